The summed E-state index contributed by atoms with van der Waals surface area (Å²) >= 11 is 0. The van der Waals surface area contributed by atoms with Gasteiger partial charge in [-0.3, -0.25) is 0 Å². The van der Waals surface area contributed by atoms with Crippen LogP contribution in [-0.4, -0.2) is 23.9 Å². The fourth-order valence-electron chi connectivity index (χ4n) is 2.48. The maximum atomic E-state index is 14.0. The zero-order valence-electron chi connectivity index (χ0n) is 13.0. The molecule has 0 radical (unpaired) electrons. The largest absolute Gasteiger partial charge is 0.508 e. The van der Waals surface area contributed by atoms with E-state index >= 15 is 0 Å². The number of halogens is 5. The van der Waals surface area contributed by atoms with Crippen molar-refractivity contribution < 1.29 is 35.5 Å². The van der Waals surface area contributed by atoms with Crippen molar-refractivity contribution in [1.29, 1.82) is 0 Å². The molecule has 0 amide bonds. The lowest BCUT2D eigenvalue weighted by Gasteiger charge is -2.23. The molecular formula is C16H12F5NO3S. The standard InChI is InChI=1S/C16H12F5NO3S/c17-11-12(18)14(20)16(15(21)13(11)19)26(24,25)22(9-3-4-9)7-8-1-5-10(23)6-2-8/h1-2,5-6,9,23H,3-4,7H2. The van der Waals surface area contributed by atoms with E-state index in [9.17, 15) is 35.5 Å². The van der Waals surface area contributed by atoms with Crippen LogP contribution >= 0.6 is 0 Å². The molecule has 0 spiro atoms. The molecule has 0 atom stereocenters. The second-order valence-electron chi connectivity index (χ2n) is 5.85. The van der Waals surface area contributed by atoms with Crippen molar-refractivity contribution in [2.24, 2.45) is 0 Å². The van der Waals surface area contributed by atoms with E-state index in [1.54, 1.807) is 0 Å². The molecule has 1 N–H and O–H groups in total. The number of phenols is 1. The van der Waals surface area contributed by atoms with E-state index in [1.807, 2.05) is 0 Å². The van der Waals surface area contributed by atoms with E-state index in [1.165, 1.54) is 24.3 Å². The van der Waals surface area contributed by atoms with Crippen LogP contribution in [0, 0.1) is 29.1 Å². The Morgan fingerprint density at radius 1 is 0.885 bits per heavy atom. The molecule has 0 aromatic heterocycles. The summed E-state index contributed by atoms with van der Waals surface area (Å²) in [6.45, 7) is -0.341. The fourth-order valence-corrected chi connectivity index (χ4v) is 4.27. The number of benzene rings is 2. The lowest BCUT2D eigenvalue weighted by molar-refractivity contribution is 0.346. The van der Waals surface area contributed by atoms with Gasteiger partial charge in [-0.05, 0) is 30.5 Å². The van der Waals surface area contributed by atoms with Gasteiger partial charge in [-0.2, -0.15) is 4.31 Å². The van der Waals surface area contributed by atoms with Crippen LogP contribution in [0.3, 0.4) is 0 Å². The number of hydrogen-bond donors (Lipinski definition) is 1. The Hall–Kier alpha value is -2.20. The summed E-state index contributed by atoms with van der Waals surface area (Å²) < 4.78 is 94.0. The number of rotatable bonds is 5. The SMILES string of the molecule is O=S(=O)(c1c(F)c(F)c(F)c(F)c1F)N(Cc1ccc(O)cc1)C1CC1. The molecular weight excluding hydrogens is 381 g/mol. The van der Waals surface area contributed by atoms with Crippen molar-refractivity contribution in [3.63, 3.8) is 0 Å². The molecule has 2 aromatic carbocycles. The smallest absolute Gasteiger partial charge is 0.249 e. The normalized spacial score (nSPS) is 14.8. The minimum atomic E-state index is -5.00. The number of nitrogens with zero attached hydrogens (tertiary/aromatic N) is 1. The monoisotopic (exact) mass is 393 g/mol. The summed E-state index contributed by atoms with van der Waals surface area (Å²) in [6.07, 6.45) is 0.791. The molecule has 0 saturated heterocycles. The third kappa shape index (κ3) is 3.14. The van der Waals surface area contributed by atoms with E-state index in [0.717, 1.165) is 0 Å². The zero-order chi connectivity index (χ0) is 19.2. The summed E-state index contributed by atoms with van der Waals surface area (Å²) in [5, 5.41) is 9.26. The van der Waals surface area contributed by atoms with Crippen molar-refractivity contribution in [1.82, 2.24) is 4.31 Å². The minimum absolute atomic E-state index is 0.0747. The van der Waals surface area contributed by atoms with Crippen molar-refractivity contribution in [3.05, 3.63) is 58.9 Å². The van der Waals surface area contributed by atoms with Crippen molar-refractivity contribution in [3.8, 4) is 5.75 Å². The van der Waals surface area contributed by atoms with Gasteiger partial charge >= 0.3 is 0 Å². The van der Waals surface area contributed by atoms with Crippen LogP contribution in [0.4, 0.5) is 22.0 Å². The Morgan fingerprint density at radius 3 is 1.81 bits per heavy atom. The van der Waals surface area contributed by atoms with Crippen molar-refractivity contribution >= 4 is 10.0 Å². The highest BCUT2D eigenvalue weighted by molar-refractivity contribution is 7.89. The van der Waals surface area contributed by atoms with E-state index < -0.39 is 50.0 Å². The molecule has 0 bridgehead atoms. The predicted molar refractivity (Wildman–Crippen MR) is 80.1 cm³/mol. The Labute approximate surface area is 145 Å². The number of phenolic OH excluding ortho intramolecular Hbond substituents is 1. The fraction of sp³-hybridized carbons (Fsp3) is 0.250. The molecule has 3 rings (SSSR count). The van der Waals surface area contributed by atoms with Crippen LogP contribution in [0.5, 0.6) is 5.75 Å². The maximum Gasteiger partial charge on any atom is 0.249 e. The van der Waals surface area contributed by atoms with Crippen LogP contribution < -0.4 is 0 Å². The molecule has 26 heavy (non-hydrogen) atoms. The number of hydrogen-bond acceptors (Lipinski definition) is 3. The molecule has 1 aliphatic rings. The van der Waals surface area contributed by atoms with Crippen LogP contribution in [-0.2, 0) is 16.6 Å². The molecule has 0 aliphatic heterocycles. The average Bonchev–Trinajstić information content (AvgIpc) is 3.42. The molecule has 1 aliphatic carbocycles. The maximum absolute atomic E-state index is 14.0. The molecule has 4 nitrogen and oxygen atoms in total. The number of aromatic hydroxyl groups is 1. The number of sulfonamides is 1. The molecule has 1 saturated carbocycles. The van der Waals surface area contributed by atoms with E-state index in [4.69, 9.17) is 0 Å². The van der Waals surface area contributed by atoms with Crippen LogP contribution in [0.15, 0.2) is 29.2 Å². The molecule has 10 heteroatoms. The molecule has 0 unspecified atom stereocenters. The van der Waals surface area contributed by atoms with Crippen LogP contribution in [0.25, 0.3) is 0 Å². The quantitative estimate of drug-likeness (QED) is 0.481. The Bertz CT molecular complexity index is 930. The highest BCUT2D eigenvalue weighted by Gasteiger charge is 2.43. The van der Waals surface area contributed by atoms with E-state index in [0.29, 0.717) is 22.7 Å². The van der Waals surface area contributed by atoms with E-state index in [-0.39, 0.29) is 12.3 Å². The average molecular weight is 393 g/mol. The summed E-state index contributed by atoms with van der Waals surface area (Å²) in [4.78, 5) is -1.86. The predicted octanol–water partition coefficient (Wildman–Crippen LogP) is 3.44. The molecule has 2 aromatic rings. The van der Waals surface area contributed by atoms with Crippen LogP contribution in [0.1, 0.15) is 18.4 Å². The zero-order valence-corrected chi connectivity index (χ0v) is 13.8. The van der Waals surface area contributed by atoms with Gasteiger partial charge in [-0.25, -0.2) is 30.4 Å². The van der Waals surface area contributed by atoms with Crippen molar-refractivity contribution in [2.75, 3.05) is 0 Å². The lowest BCUT2D eigenvalue weighted by atomic mass is 10.2. The highest BCUT2D eigenvalue weighted by Crippen LogP contribution is 2.36. The van der Waals surface area contributed by atoms with Gasteiger partial charge in [-0.15, -0.1) is 0 Å². The summed E-state index contributed by atoms with van der Waals surface area (Å²) in [6, 6.07) is 4.73. The van der Waals surface area contributed by atoms with Gasteiger partial charge in [0.1, 0.15) is 5.75 Å². The molecule has 140 valence electrons. The minimum Gasteiger partial charge on any atom is -0.508 e. The van der Waals surface area contributed by atoms with Gasteiger partial charge in [0.25, 0.3) is 0 Å². The van der Waals surface area contributed by atoms with Gasteiger partial charge in [-0.1, -0.05) is 12.1 Å². The topological polar surface area (TPSA) is 57.6 Å². The van der Waals surface area contributed by atoms with Crippen molar-refractivity contribution in [2.45, 2.75) is 30.3 Å². The first kappa shape index (κ1) is 18.6. The van der Waals surface area contributed by atoms with Gasteiger partial charge < -0.3 is 5.11 Å². The van der Waals surface area contributed by atoms with Gasteiger partial charge in [0.2, 0.25) is 15.8 Å². The summed E-state index contributed by atoms with van der Waals surface area (Å²) in [5.74, 6) is -11.9. The summed E-state index contributed by atoms with van der Waals surface area (Å²) in [7, 11) is -5.00. The Balaban J connectivity index is 2.09. The van der Waals surface area contributed by atoms with Gasteiger partial charge in [0, 0.05) is 12.6 Å². The molecule has 0 heterocycles. The van der Waals surface area contributed by atoms with E-state index in [2.05, 4.69) is 0 Å². The van der Waals surface area contributed by atoms with Gasteiger partial charge in [0.05, 0.1) is 0 Å². The Morgan fingerprint density at radius 2 is 1.35 bits per heavy atom. The third-order valence-corrected chi connectivity index (χ3v) is 5.88. The van der Waals surface area contributed by atoms with Crippen LogP contribution in [0.2, 0.25) is 0 Å². The first-order valence-corrected chi connectivity index (χ1v) is 8.89. The first-order valence-electron chi connectivity index (χ1n) is 7.45. The van der Waals surface area contributed by atoms with Gasteiger partial charge in [0.15, 0.2) is 28.2 Å². The Kier molecular flexibility index (Phi) is 4.65. The highest BCUT2D eigenvalue weighted by atomic mass is 32.2. The second kappa shape index (κ2) is 6.51. The third-order valence-electron chi connectivity index (χ3n) is 3.97. The second-order valence-corrected chi connectivity index (χ2v) is 7.67. The first-order chi connectivity index (χ1) is 12.1. The molecule has 1 fully saturated rings. The lowest BCUT2D eigenvalue weighted by Crippen LogP contribution is -2.34. The summed E-state index contributed by atoms with van der Waals surface area (Å²) in [5.41, 5.74) is 0.377.